The van der Waals surface area contributed by atoms with Gasteiger partial charge in [0.25, 0.3) is 5.91 Å². The van der Waals surface area contributed by atoms with Gasteiger partial charge in [-0.1, -0.05) is 6.07 Å². The molecule has 0 spiro atoms. The summed E-state index contributed by atoms with van der Waals surface area (Å²) in [7, 11) is 1.55. The maximum atomic E-state index is 13.3. The molecule has 1 saturated carbocycles. The van der Waals surface area contributed by atoms with Crippen LogP contribution in [-0.2, 0) is 11.3 Å². The summed E-state index contributed by atoms with van der Waals surface area (Å²) < 4.78 is 22.8. The second kappa shape index (κ2) is 12.3. The van der Waals surface area contributed by atoms with Crippen LogP contribution in [0.5, 0.6) is 11.5 Å². The van der Waals surface area contributed by atoms with Crippen LogP contribution in [0, 0.1) is 5.92 Å². The van der Waals surface area contributed by atoms with Gasteiger partial charge in [0.2, 0.25) is 5.89 Å². The van der Waals surface area contributed by atoms with Crippen molar-refractivity contribution in [2.75, 3.05) is 13.7 Å². The highest BCUT2D eigenvalue weighted by Crippen LogP contribution is 2.36. The number of methoxy groups -OCH3 is 1. The lowest BCUT2D eigenvalue weighted by atomic mass is 10.2. The number of aromatic nitrogens is 2. The number of pyridine rings is 1. The van der Waals surface area contributed by atoms with Gasteiger partial charge in [0.15, 0.2) is 23.0 Å². The Morgan fingerprint density at radius 1 is 1.12 bits per heavy atom. The molecule has 1 fully saturated rings. The van der Waals surface area contributed by atoms with Gasteiger partial charge < -0.3 is 34.4 Å². The number of ether oxygens (including phenoxy) is 3. The number of alkyl carbamates (subject to hydrolysis) is 1. The molecule has 2 amide bonds. The van der Waals surface area contributed by atoms with E-state index in [2.05, 4.69) is 20.6 Å². The maximum absolute atomic E-state index is 13.3. The second-order valence-corrected chi connectivity index (χ2v) is 10.7. The Morgan fingerprint density at radius 2 is 1.88 bits per heavy atom. The molecule has 218 valence electrons. The number of carbonyl (C=O) groups excluding carboxylic acids is 2. The van der Waals surface area contributed by atoms with Crippen molar-refractivity contribution in [2.45, 2.75) is 58.7 Å². The minimum atomic E-state index is -1.18. The highest BCUT2D eigenvalue weighted by atomic mass is 16.6. The van der Waals surface area contributed by atoms with E-state index in [1.807, 2.05) is 0 Å². The molecule has 1 unspecified atom stereocenters. The molecule has 4 rings (SSSR count). The summed E-state index contributed by atoms with van der Waals surface area (Å²) in [5.41, 5.74) is -0.0494. The number of amides is 2. The monoisotopic (exact) mass is 566 g/mol. The third-order valence-corrected chi connectivity index (χ3v) is 6.03. The Bertz CT molecular complexity index is 1420. The predicted octanol–water partition coefficient (Wildman–Crippen LogP) is 4.75. The number of carboxylic acid groups (broad SMARTS) is 1. The fourth-order valence-corrected chi connectivity index (χ4v) is 3.83. The first-order valence-electron chi connectivity index (χ1n) is 13.2. The number of benzene rings is 1. The van der Waals surface area contributed by atoms with E-state index in [1.54, 1.807) is 59.1 Å². The summed E-state index contributed by atoms with van der Waals surface area (Å²) >= 11 is 0. The van der Waals surface area contributed by atoms with E-state index in [-0.39, 0.29) is 29.6 Å². The van der Waals surface area contributed by atoms with Crippen LogP contribution in [0.4, 0.5) is 4.79 Å². The van der Waals surface area contributed by atoms with Gasteiger partial charge in [-0.25, -0.2) is 19.6 Å². The van der Waals surface area contributed by atoms with E-state index in [4.69, 9.17) is 18.6 Å². The number of hydrogen-bond donors (Lipinski definition) is 3. The van der Waals surface area contributed by atoms with Gasteiger partial charge in [-0.05, 0) is 76.8 Å². The quantitative estimate of drug-likeness (QED) is 0.295. The summed E-state index contributed by atoms with van der Waals surface area (Å²) in [4.78, 5) is 45.5. The summed E-state index contributed by atoms with van der Waals surface area (Å²) in [6.07, 6.45) is 1.56. The van der Waals surface area contributed by atoms with E-state index in [0.29, 0.717) is 35.3 Å². The number of carboxylic acids is 1. The SMILES string of the molecule is COc1ccc(-c2nc(C(=O)NCc3cccc(C(=O)O)n3)c(C(C)NC(=O)OC(C)(C)C)o2)cc1OCC1CC1. The van der Waals surface area contributed by atoms with Crippen molar-refractivity contribution in [3.63, 3.8) is 0 Å². The molecule has 3 aromatic rings. The highest BCUT2D eigenvalue weighted by molar-refractivity contribution is 5.94. The van der Waals surface area contributed by atoms with Crippen LogP contribution in [0.3, 0.4) is 0 Å². The summed E-state index contributed by atoms with van der Waals surface area (Å²) in [6, 6.07) is 8.89. The molecule has 0 saturated heterocycles. The van der Waals surface area contributed by atoms with Crippen LogP contribution < -0.4 is 20.1 Å². The number of hydrogen-bond acceptors (Lipinski definition) is 9. The van der Waals surface area contributed by atoms with E-state index < -0.39 is 29.6 Å². The van der Waals surface area contributed by atoms with Gasteiger partial charge in [-0.2, -0.15) is 0 Å². The van der Waals surface area contributed by atoms with Gasteiger partial charge in [0.05, 0.1) is 32.0 Å². The van der Waals surface area contributed by atoms with Crippen molar-refractivity contribution < 1.29 is 38.1 Å². The number of carbonyl (C=O) groups is 3. The van der Waals surface area contributed by atoms with E-state index >= 15 is 0 Å². The second-order valence-electron chi connectivity index (χ2n) is 10.7. The van der Waals surface area contributed by atoms with Crippen LogP contribution in [-0.4, -0.2) is 52.4 Å². The maximum Gasteiger partial charge on any atom is 0.408 e. The average molecular weight is 567 g/mol. The van der Waals surface area contributed by atoms with Gasteiger partial charge in [0.1, 0.15) is 11.3 Å². The Morgan fingerprint density at radius 3 is 2.54 bits per heavy atom. The van der Waals surface area contributed by atoms with Crippen molar-refractivity contribution in [2.24, 2.45) is 5.92 Å². The highest BCUT2D eigenvalue weighted by Gasteiger charge is 2.28. The van der Waals surface area contributed by atoms with E-state index in [9.17, 15) is 19.5 Å². The Labute approximate surface area is 237 Å². The molecule has 2 heterocycles. The van der Waals surface area contributed by atoms with E-state index in [0.717, 1.165) is 12.8 Å². The van der Waals surface area contributed by atoms with Gasteiger partial charge in [-0.3, -0.25) is 4.79 Å². The first-order valence-corrected chi connectivity index (χ1v) is 13.2. The fraction of sp³-hybridized carbons (Fsp3) is 0.414. The minimum Gasteiger partial charge on any atom is -0.493 e. The molecule has 2 aromatic heterocycles. The van der Waals surface area contributed by atoms with Crippen LogP contribution >= 0.6 is 0 Å². The number of nitrogens with one attached hydrogen (secondary N) is 2. The van der Waals surface area contributed by atoms with Crippen molar-refractivity contribution in [3.05, 3.63) is 59.2 Å². The lowest BCUT2D eigenvalue weighted by Gasteiger charge is -2.21. The minimum absolute atomic E-state index is 0.0584. The zero-order chi connectivity index (χ0) is 29.7. The molecule has 0 aliphatic heterocycles. The summed E-state index contributed by atoms with van der Waals surface area (Å²) in [5, 5.41) is 14.6. The molecule has 41 heavy (non-hydrogen) atoms. The van der Waals surface area contributed by atoms with Crippen LogP contribution in [0.15, 0.2) is 40.8 Å². The third kappa shape index (κ3) is 7.96. The molecule has 12 heteroatoms. The number of aromatic carboxylic acids is 1. The molecule has 0 radical (unpaired) electrons. The number of rotatable bonds is 11. The number of nitrogens with zero attached hydrogens (tertiary/aromatic N) is 2. The van der Waals surface area contributed by atoms with Crippen LogP contribution in [0.2, 0.25) is 0 Å². The smallest absolute Gasteiger partial charge is 0.408 e. The first kappa shape index (κ1) is 29.4. The largest absolute Gasteiger partial charge is 0.493 e. The van der Waals surface area contributed by atoms with E-state index in [1.165, 1.54) is 12.1 Å². The molecule has 1 aliphatic rings. The Balaban J connectivity index is 1.62. The predicted molar refractivity (Wildman–Crippen MR) is 147 cm³/mol. The van der Waals surface area contributed by atoms with Crippen molar-refractivity contribution in [3.8, 4) is 23.0 Å². The topological polar surface area (TPSA) is 162 Å². The average Bonchev–Trinajstić information content (AvgIpc) is 3.64. The molecule has 1 aromatic carbocycles. The molecule has 0 bridgehead atoms. The molecule has 1 aliphatic carbocycles. The summed E-state index contributed by atoms with van der Waals surface area (Å²) in [5.74, 6) is 0.0529. The third-order valence-electron chi connectivity index (χ3n) is 6.03. The molecule has 3 N–H and O–H groups in total. The van der Waals surface area contributed by atoms with Crippen LogP contribution in [0.1, 0.15) is 79.0 Å². The number of oxazole rings is 1. The Kier molecular flexibility index (Phi) is 8.80. The zero-order valence-corrected chi connectivity index (χ0v) is 23.6. The molecule has 12 nitrogen and oxygen atoms in total. The first-order chi connectivity index (χ1) is 19.4. The standard InChI is InChI=1S/C29H34N4O8/c1-16(31-28(37)41-29(2,3)4)24-23(25(34)30-14-19-7-6-8-20(32-19)27(35)36)33-26(40-24)18-11-12-21(38-5)22(13-18)39-15-17-9-10-17/h6-8,11-13,16-17H,9-10,14-15H2,1-5H3,(H,30,34)(H,31,37)(H,35,36). The molecular weight excluding hydrogens is 532 g/mol. The summed E-state index contributed by atoms with van der Waals surface area (Å²) in [6.45, 7) is 7.37. The van der Waals surface area contributed by atoms with Crippen molar-refractivity contribution in [1.82, 2.24) is 20.6 Å². The van der Waals surface area contributed by atoms with Crippen molar-refractivity contribution >= 4 is 18.0 Å². The lowest BCUT2D eigenvalue weighted by Crippen LogP contribution is -2.34. The Hall–Kier alpha value is -4.61. The fourth-order valence-electron chi connectivity index (χ4n) is 3.83. The van der Waals surface area contributed by atoms with Gasteiger partial charge >= 0.3 is 12.1 Å². The van der Waals surface area contributed by atoms with Gasteiger partial charge in [0, 0.05) is 5.56 Å². The van der Waals surface area contributed by atoms with Crippen LogP contribution in [0.25, 0.3) is 11.5 Å². The molecule has 1 atom stereocenters. The van der Waals surface area contributed by atoms with Gasteiger partial charge in [-0.15, -0.1) is 0 Å². The lowest BCUT2D eigenvalue weighted by molar-refractivity contribution is 0.0500. The zero-order valence-electron chi connectivity index (χ0n) is 23.6. The molecular formula is C29H34N4O8. The van der Waals surface area contributed by atoms with Crippen molar-refractivity contribution in [1.29, 1.82) is 0 Å². The normalized spacial score (nSPS) is 13.7.